The molecule has 0 radical (unpaired) electrons. The largest absolute Gasteiger partial charge is 0.300 e. The van der Waals surface area contributed by atoms with Crippen molar-refractivity contribution in [2.45, 2.75) is 26.2 Å². The van der Waals surface area contributed by atoms with Gasteiger partial charge in [0.1, 0.15) is 5.78 Å². The molecular formula is C12H13BrO2. The number of rotatable bonds is 5. The highest BCUT2D eigenvalue weighted by Gasteiger charge is 2.07. The topological polar surface area (TPSA) is 34.1 Å². The van der Waals surface area contributed by atoms with Gasteiger partial charge in [-0.25, -0.2) is 0 Å². The van der Waals surface area contributed by atoms with E-state index in [0.717, 1.165) is 4.47 Å². The summed E-state index contributed by atoms with van der Waals surface area (Å²) in [5.74, 6) is 0.171. The van der Waals surface area contributed by atoms with Crippen molar-refractivity contribution in [1.82, 2.24) is 0 Å². The number of Topliss-reactive ketones (excluding diaryl/α,β-unsaturated/α-hetero) is 2. The minimum atomic E-state index is 0.0318. The van der Waals surface area contributed by atoms with E-state index >= 15 is 0 Å². The van der Waals surface area contributed by atoms with E-state index in [0.29, 0.717) is 24.8 Å². The Hall–Kier alpha value is -0.960. The zero-order valence-electron chi connectivity index (χ0n) is 8.63. The first-order valence-electron chi connectivity index (χ1n) is 4.94. The molecular weight excluding hydrogens is 256 g/mol. The van der Waals surface area contributed by atoms with E-state index < -0.39 is 0 Å². The van der Waals surface area contributed by atoms with Crippen molar-refractivity contribution in [3.8, 4) is 0 Å². The lowest BCUT2D eigenvalue weighted by Gasteiger charge is -2.00. The van der Waals surface area contributed by atoms with Gasteiger partial charge in [-0.2, -0.15) is 0 Å². The molecule has 0 saturated carbocycles. The Morgan fingerprint density at radius 2 is 1.73 bits per heavy atom. The van der Waals surface area contributed by atoms with E-state index in [2.05, 4.69) is 15.9 Å². The summed E-state index contributed by atoms with van der Waals surface area (Å²) in [6.07, 6.45) is 1.17. The lowest BCUT2D eigenvalue weighted by atomic mass is 10.0. The lowest BCUT2D eigenvalue weighted by Crippen LogP contribution is -2.03. The first-order chi connectivity index (χ1) is 7.13. The summed E-state index contributed by atoms with van der Waals surface area (Å²) in [6.45, 7) is 1.81. The number of hydrogen-bond acceptors (Lipinski definition) is 2. The molecule has 0 N–H and O–H groups in total. The molecule has 0 amide bonds. The van der Waals surface area contributed by atoms with E-state index in [4.69, 9.17) is 0 Å². The van der Waals surface area contributed by atoms with Gasteiger partial charge in [0.25, 0.3) is 0 Å². The van der Waals surface area contributed by atoms with E-state index in [1.807, 2.05) is 19.1 Å². The second-order valence-electron chi connectivity index (χ2n) is 3.32. The summed E-state index contributed by atoms with van der Waals surface area (Å²) in [5.41, 5.74) is 0.669. The molecule has 0 atom stereocenters. The Kier molecular flexibility index (Phi) is 4.69. The maximum Gasteiger partial charge on any atom is 0.163 e. The van der Waals surface area contributed by atoms with Crippen LogP contribution in [-0.2, 0) is 4.79 Å². The summed E-state index contributed by atoms with van der Waals surface area (Å²) >= 11 is 3.30. The number of halogens is 1. The number of hydrogen-bond donors (Lipinski definition) is 0. The molecule has 0 aliphatic carbocycles. The minimum absolute atomic E-state index is 0.0318. The second kappa shape index (κ2) is 5.81. The summed E-state index contributed by atoms with van der Waals surface area (Å²) in [5, 5.41) is 0. The van der Waals surface area contributed by atoms with Crippen molar-refractivity contribution >= 4 is 27.5 Å². The van der Waals surface area contributed by atoms with Gasteiger partial charge in [0.05, 0.1) is 0 Å². The van der Waals surface area contributed by atoms with Crippen LogP contribution < -0.4 is 0 Å². The van der Waals surface area contributed by atoms with Crippen LogP contribution >= 0.6 is 15.9 Å². The molecule has 0 bridgehead atoms. The van der Waals surface area contributed by atoms with Crippen LogP contribution in [-0.4, -0.2) is 11.6 Å². The van der Waals surface area contributed by atoms with Gasteiger partial charge in [0, 0.05) is 29.3 Å². The van der Waals surface area contributed by atoms with Gasteiger partial charge in [-0.15, -0.1) is 0 Å². The van der Waals surface area contributed by atoms with Gasteiger partial charge in [-0.1, -0.05) is 35.0 Å². The summed E-state index contributed by atoms with van der Waals surface area (Å²) < 4.78 is 0.948. The Morgan fingerprint density at radius 1 is 1.13 bits per heavy atom. The predicted molar refractivity (Wildman–Crippen MR) is 63.0 cm³/mol. The molecule has 0 aliphatic rings. The maximum absolute atomic E-state index is 11.6. The summed E-state index contributed by atoms with van der Waals surface area (Å²) in [7, 11) is 0. The summed E-state index contributed by atoms with van der Waals surface area (Å²) in [6, 6.07) is 7.19. The van der Waals surface area contributed by atoms with Crippen LogP contribution in [0.15, 0.2) is 28.7 Å². The first kappa shape index (κ1) is 12.1. The van der Waals surface area contributed by atoms with E-state index in [9.17, 15) is 9.59 Å². The zero-order chi connectivity index (χ0) is 11.3. The Bertz CT molecular complexity index is 354. The third kappa shape index (κ3) is 3.96. The zero-order valence-corrected chi connectivity index (χ0v) is 10.2. The molecule has 1 aromatic rings. The number of ketones is 2. The molecule has 80 valence electrons. The normalized spacial score (nSPS) is 10.0. The molecule has 0 spiro atoms. The highest BCUT2D eigenvalue weighted by atomic mass is 79.9. The van der Waals surface area contributed by atoms with Crippen molar-refractivity contribution in [1.29, 1.82) is 0 Å². The fraction of sp³-hybridized carbons (Fsp3) is 0.333. The van der Waals surface area contributed by atoms with E-state index in [1.165, 1.54) is 0 Å². The fourth-order valence-electron chi connectivity index (χ4n) is 1.21. The third-order valence-electron chi connectivity index (χ3n) is 2.19. The van der Waals surface area contributed by atoms with Gasteiger partial charge in [-0.05, 0) is 12.1 Å². The Balaban J connectivity index is 2.54. The first-order valence-corrected chi connectivity index (χ1v) is 5.73. The van der Waals surface area contributed by atoms with Crippen LogP contribution in [0.2, 0.25) is 0 Å². The van der Waals surface area contributed by atoms with Crippen molar-refractivity contribution < 1.29 is 9.59 Å². The summed E-state index contributed by atoms with van der Waals surface area (Å²) in [4.78, 5) is 22.7. The smallest absolute Gasteiger partial charge is 0.163 e. The number of carbonyl (C=O) groups is 2. The van der Waals surface area contributed by atoms with E-state index in [-0.39, 0.29) is 11.6 Å². The van der Waals surface area contributed by atoms with E-state index in [1.54, 1.807) is 12.1 Å². The molecule has 0 unspecified atom stereocenters. The Morgan fingerprint density at radius 3 is 2.27 bits per heavy atom. The number of benzene rings is 1. The molecule has 3 heteroatoms. The molecule has 0 aliphatic heterocycles. The van der Waals surface area contributed by atoms with Gasteiger partial charge in [0.2, 0.25) is 0 Å². The SMILES string of the molecule is CCC(=O)CCC(=O)c1ccc(Br)cc1. The molecule has 0 saturated heterocycles. The average Bonchev–Trinajstić information content (AvgIpc) is 2.26. The van der Waals surface area contributed by atoms with Crippen molar-refractivity contribution in [2.24, 2.45) is 0 Å². The maximum atomic E-state index is 11.6. The third-order valence-corrected chi connectivity index (χ3v) is 2.72. The molecule has 0 aromatic heterocycles. The second-order valence-corrected chi connectivity index (χ2v) is 4.24. The minimum Gasteiger partial charge on any atom is -0.300 e. The van der Waals surface area contributed by atoms with Crippen LogP contribution in [0, 0.1) is 0 Å². The van der Waals surface area contributed by atoms with Gasteiger partial charge in [-0.3, -0.25) is 9.59 Å². The molecule has 0 fully saturated rings. The van der Waals surface area contributed by atoms with Gasteiger partial charge < -0.3 is 0 Å². The lowest BCUT2D eigenvalue weighted by molar-refractivity contribution is -0.118. The van der Waals surface area contributed by atoms with Crippen molar-refractivity contribution in [3.05, 3.63) is 34.3 Å². The molecule has 1 aromatic carbocycles. The fourth-order valence-corrected chi connectivity index (χ4v) is 1.47. The molecule has 15 heavy (non-hydrogen) atoms. The van der Waals surface area contributed by atoms with Crippen molar-refractivity contribution in [2.75, 3.05) is 0 Å². The van der Waals surface area contributed by atoms with Gasteiger partial charge >= 0.3 is 0 Å². The number of carbonyl (C=O) groups excluding carboxylic acids is 2. The van der Waals surface area contributed by atoms with Crippen LogP contribution in [0.25, 0.3) is 0 Å². The predicted octanol–water partition coefficient (Wildman–Crippen LogP) is 3.39. The van der Waals surface area contributed by atoms with Gasteiger partial charge in [0.15, 0.2) is 5.78 Å². The van der Waals surface area contributed by atoms with Crippen molar-refractivity contribution in [3.63, 3.8) is 0 Å². The highest BCUT2D eigenvalue weighted by molar-refractivity contribution is 9.10. The van der Waals surface area contributed by atoms with Crippen LogP contribution in [0.1, 0.15) is 36.5 Å². The average molecular weight is 269 g/mol. The standard InChI is InChI=1S/C12H13BrO2/c1-2-11(14)7-8-12(15)9-3-5-10(13)6-4-9/h3-6H,2,7-8H2,1H3. The Labute approximate surface area is 97.8 Å². The quantitative estimate of drug-likeness (QED) is 0.768. The van der Waals surface area contributed by atoms with Crippen LogP contribution in [0.3, 0.4) is 0 Å². The molecule has 2 nitrogen and oxygen atoms in total. The van der Waals surface area contributed by atoms with Crippen LogP contribution in [0.5, 0.6) is 0 Å². The highest BCUT2D eigenvalue weighted by Crippen LogP contribution is 2.12. The molecule has 0 heterocycles. The molecule has 1 rings (SSSR count). The van der Waals surface area contributed by atoms with Crippen LogP contribution in [0.4, 0.5) is 0 Å². The monoisotopic (exact) mass is 268 g/mol.